The molecule has 1 heterocycles. The van der Waals surface area contributed by atoms with Crippen LogP contribution in [-0.2, 0) is 27.4 Å². The van der Waals surface area contributed by atoms with E-state index in [1.54, 1.807) is 25.3 Å². The quantitative estimate of drug-likeness (QED) is 0.375. The van der Waals surface area contributed by atoms with Gasteiger partial charge in [-0.1, -0.05) is 53.7 Å². The van der Waals surface area contributed by atoms with E-state index in [1.807, 2.05) is 36.4 Å². The second-order valence-electron chi connectivity index (χ2n) is 8.09. The Labute approximate surface area is 202 Å². The monoisotopic (exact) mass is 471 g/mol. The van der Waals surface area contributed by atoms with Gasteiger partial charge in [0.15, 0.2) is 0 Å². The van der Waals surface area contributed by atoms with Crippen LogP contribution < -0.4 is 5.32 Å². The van der Waals surface area contributed by atoms with Crippen LogP contribution in [0.15, 0.2) is 71.3 Å². The first-order chi connectivity index (χ1) is 16.9. The number of carbonyl (C=O) groups is 2. The van der Waals surface area contributed by atoms with Gasteiger partial charge < -0.3 is 19.7 Å². The molecule has 4 rings (SSSR count). The lowest BCUT2D eigenvalue weighted by Gasteiger charge is -2.12. The number of carboxylic acids is 1. The Morgan fingerprint density at radius 1 is 1.00 bits per heavy atom. The Morgan fingerprint density at radius 3 is 2.60 bits per heavy atom. The molecule has 0 radical (unpaired) electrons. The largest absolute Gasteiger partial charge is 0.480 e. The number of aliphatic carboxylic acids is 1. The molecule has 8 nitrogen and oxygen atoms in total. The molecule has 0 aliphatic carbocycles. The van der Waals surface area contributed by atoms with Crippen LogP contribution in [0, 0.1) is 6.92 Å². The number of ether oxygens (including phenoxy) is 1. The number of hydrogen-bond donors (Lipinski definition) is 2. The number of methoxy groups -OCH3 is 1. The third-order valence-corrected chi connectivity index (χ3v) is 5.50. The van der Waals surface area contributed by atoms with Gasteiger partial charge in [0.1, 0.15) is 6.54 Å². The Balaban J connectivity index is 1.58. The number of nitrogens with one attached hydrogen (secondary N) is 1. The Kier molecular flexibility index (Phi) is 7.32. The Hall–Kier alpha value is -4.30. The molecule has 0 fully saturated rings. The van der Waals surface area contributed by atoms with Crippen molar-refractivity contribution in [1.82, 2.24) is 15.5 Å². The number of benzene rings is 3. The van der Waals surface area contributed by atoms with Crippen molar-refractivity contribution in [2.45, 2.75) is 20.0 Å². The zero-order valence-corrected chi connectivity index (χ0v) is 19.4. The van der Waals surface area contributed by atoms with Crippen LogP contribution in [0.1, 0.15) is 16.7 Å². The van der Waals surface area contributed by atoms with Crippen molar-refractivity contribution in [3.8, 4) is 34.0 Å². The van der Waals surface area contributed by atoms with Gasteiger partial charge in [-0.25, -0.2) is 0 Å². The van der Waals surface area contributed by atoms with Gasteiger partial charge in [0.25, 0.3) is 5.89 Å². The highest BCUT2D eigenvalue weighted by molar-refractivity contribution is 5.83. The third-order valence-electron chi connectivity index (χ3n) is 5.50. The van der Waals surface area contributed by atoms with Crippen LogP contribution >= 0.6 is 0 Å². The van der Waals surface area contributed by atoms with Gasteiger partial charge in [0.2, 0.25) is 11.7 Å². The van der Waals surface area contributed by atoms with Gasteiger partial charge in [-0.15, -0.1) is 0 Å². The summed E-state index contributed by atoms with van der Waals surface area (Å²) in [5.74, 6) is -0.702. The first-order valence-corrected chi connectivity index (χ1v) is 11.0. The lowest BCUT2D eigenvalue weighted by atomic mass is 9.94. The Bertz CT molecular complexity index is 1360. The minimum Gasteiger partial charge on any atom is -0.480 e. The van der Waals surface area contributed by atoms with Gasteiger partial charge in [-0.05, 0) is 52.9 Å². The second-order valence-corrected chi connectivity index (χ2v) is 8.09. The highest BCUT2D eigenvalue weighted by Gasteiger charge is 2.15. The number of rotatable bonds is 9. The van der Waals surface area contributed by atoms with E-state index in [4.69, 9.17) is 14.4 Å². The topological polar surface area (TPSA) is 115 Å². The maximum Gasteiger partial charge on any atom is 0.322 e. The first kappa shape index (κ1) is 23.8. The van der Waals surface area contributed by atoms with Crippen molar-refractivity contribution in [3.05, 3.63) is 83.4 Å². The number of aryl methyl sites for hydroxylation is 1. The zero-order chi connectivity index (χ0) is 24.8. The fourth-order valence-electron chi connectivity index (χ4n) is 3.84. The van der Waals surface area contributed by atoms with E-state index < -0.39 is 12.5 Å². The summed E-state index contributed by atoms with van der Waals surface area (Å²) in [6, 6.07) is 21.3. The first-order valence-electron chi connectivity index (χ1n) is 11.0. The molecule has 0 saturated carbocycles. The summed E-state index contributed by atoms with van der Waals surface area (Å²) in [4.78, 5) is 27.1. The summed E-state index contributed by atoms with van der Waals surface area (Å²) in [6.45, 7) is 2.10. The summed E-state index contributed by atoms with van der Waals surface area (Å²) in [5.41, 5.74) is 6.59. The molecule has 178 valence electrons. The van der Waals surface area contributed by atoms with Crippen molar-refractivity contribution in [1.29, 1.82) is 0 Å². The van der Waals surface area contributed by atoms with Crippen molar-refractivity contribution in [2.75, 3.05) is 13.7 Å². The van der Waals surface area contributed by atoms with Crippen molar-refractivity contribution in [2.24, 2.45) is 0 Å². The highest BCUT2D eigenvalue weighted by Crippen LogP contribution is 2.31. The SMILES string of the molecule is COCc1cc(-c2nc(-c3cccc(CC(=O)NCC(=O)O)c3)no2)ccc1-c1ccccc1C. The number of nitrogens with zero attached hydrogens (tertiary/aromatic N) is 2. The van der Waals surface area contributed by atoms with Crippen LogP contribution in [0.25, 0.3) is 34.0 Å². The summed E-state index contributed by atoms with van der Waals surface area (Å²) in [6.07, 6.45) is 0.0482. The van der Waals surface area contributed by atoms with Crippen molar-refractivity contribution < 1.29 is 24.0 Å². The lowest BCUT2D eigenvalue weighted by molar-refractivity contribution is -0.137. The molecule has 1 amide bonds. The molecule has 2 N–H and O–H groups in total. The van der Waals surface area contributed by atoms with Crippen LogP contribution in [0.5, 0.6) is 0 Å². The lowest BCUT2D eigenvalue weighted by Crippen LogP contribution is -2.30. The normalized spacial score (nSPS) is 10.8. The number of carbonyl (C=O) groups excluding carboxylic acids is 1. The van der Waals surface area contributed by atoms with Crippen molar-refractivity contribution in [3.63, 3.8) is 0 Å². The molecule has 3 aromatic carbocycles. The zero-order valence-electron chi connectivity index (χ0n) is 19.4. The molecular weight excluding hydrogens is 446 g/mol. The molecule has 8 heteroatoms. The van der Waals surface area contributed by atoms with Crippen molar-refractivity contribution >= 4 is 11.9 Å². The van der Waals surface area contributed by atoms with Gasteiger partial charge in [-0.2, -0.15) is 4.98 Å². The number of hydrogen-bond acceptors (Lipinski definition) is 6. The van der Waals surface area contributed by atoms with Gasteiger partial charge >= 0.3 is 5.97 Å². The second kappa shape index (κ2) is 10.8. The van der Waals surface area contributed by atoms with E-state index in [0.717, 1.165) is 22.3 Å². The maximum atomic E-state index is 12.0. The van der Waals surface area contributed by atoms with E-state index in [0.29, 0.717) is 29.4 Å². The molecule has 0 saturated heterocycles. The Morgan fingerprint density at radius 2 is 1.83 bits per heavy atom. The molecule has 0 unspecified atom stereocenters. The van der Waals surface area contributed by atoms with Crippen LogP contribution in [0.2, 0.25) is 0 Å². The molecule has 0 aliphatic heterocycles. The fourth-order valence-corrected chi connectivity index (χ4v) is 3.84. The van der Waals surface area contributed by atoms with Gasteiger partial charge in [0.05, 0.1) is 13.0 Å². The fraction of sp³-hybridized carbons (Fsp3) is 0.185. The molecular formula is C27H25N3O5. The summed E-state index contributed by atoms with van der Waals surface area (Å²) in [5, 5.41) is 15.2. The van der Waals surface area contributed by atoms with E-state index >= 15 is 0 Å². The third kappa shape index (κ3) is 5.80. The molecule has 1 aromatic heterocycles. The van der Waals surface area contributed by atoms with Gasteiger partial charge in [-0.3, -0.25) is 9.59 Å². The predicted octanol–water partition coefficient (Wildman–Crippen LogP) is 4.27. The maximum absolute atomic E-state index is 12.0. The predicted molar refractivity (Wildman–Crippen MR) is 130 cm³/mol. The van der Waals surface area contributed by atoms with Crippen LogP contribution in [0.3, 0.4) is 0 Å². The smallest absolute Gasteiger partial charge is 0.322 e. The average Bonchev–Trinajstić information content (AvgIpc) is 3.34. The molecule has 0 atom stereocenters. The van der Waals surface area contributed by atoms with E-state index in [9.17, 15) is 9.59 Å². The minimum atomic E-state index is -1.09. The number of amides is 1. The molecule has 4 aromatic rings. The average molecular weight is 472 g/mol. The minimum absolute atomic E-state index is 0.0482. The van der Waals surface area contributed by atoms with E-state index in [1.165, 1.54) is 5.56 Å². The van der Waals surface area contributed by atoms with E-state index in [-0.39, 0.29) is 12.3 Å². The number of carboxylic acid groups (broad SMARTS) is 1. The summed E-state index contributed by atoms with van der Waals surface area (Å²) in [7, 11) is 1.66. The molecule has 35 heavy (non-hydrogen) atoms. The van der Waals surface area contributed by atoms with Crippen LogP contribution in [0.4, 0.5) is 0 Å². The van der Waals surface area contributed by atoms with Crippen LogP contribution in [-0.4, -0.2) is 40.8 Å². The summed E-state index contributed by atoms with van der Waals surface area (Å²) >= 11 is 0. The summed E-state index contributed by atoms with van der Waals surface area (Å²) < 4.78 is 11.0. The molecule has 0 bridgehead atoms. The highest BCUT2D eigenvalue weighted by atomic mass is 16.5. The number of aromatic nitrogens is 2. The molecule has 0 aliphatic rings. The standard InChI is InChI=1S/C27H25N3O5/c1-17-6-3-4-9-22(17)23-11-10-20(14-21(23)16-34-2)27-29-26(30-35-27)19-8-5-7-18(12-19)13-24(31)28-15-25(32)33/h3-12,14H,13,15-16H2,1-2H3,(H,28,31)(H,32,33). The van der Waals surface area contributed by atoms with Gasteiger partial charge in [0, 0.05) is 18.2 Å². The molecule has 0 spiro atoms. The van der Waals surface area contributed by atoms with E-state index in [2.05, 4.69) is 34.5 Å².